The highest BCUT2D eigenvalue weighted by atomic mass is 32.1. The molecule has 27 heavy (non-hydrogen) atoms. The van der Waals surface area contributed by atoms with Gasteiger partial charge in [-0.2, -0.15) is 5.10 Å². The van der Waals surface area contributed by atoms with E-state index in [2.05, 4.69) is 22.4 Å². The molecule has 0 radical (unpaired) electrons. The van der Waals surface area contributed by atoms with Gasteiger partial charge in [-0.15, -0.1) is 11.3 Å². The smallest absolute Gasteiger partial charge is 0.269 e. The van der Waals surface area contributed by atoms with Gasteiger partial charge in [0, 0.05) is 28.6 Å². The predicted molar refractivity (Wildman–Crippen MR) is 108 cm³/mol. The molecule has 0 saturated heterocycles. The van der Waals surface area contributed by atoms with E-state index in [0.717, 1.165) is 29.0 Å². The van der Waals surface area contributed by atoms with Crippen molar-refractivity contribution >= 4 is 28.4 Å². The average molecular weight is 382 g/mol. The Kier molecular flexibility index (Phi) is 6.11. The lowest BCUT2D eigenvalue weighted by Gasteiger charge is -2.07. The summed E-state index contributed by atoms with van der Waals surface area (Å²) in [7, 11) is 0. The number of nitrogens with zero attached hydrogens (tertiary/aromatic N) is 3. The van der Waals surface area contributed by atoms with Gasteiger partial charge in [-0.05, 0) is 30.7 Å². The number of hydrazone groups is 1. The van der Waals surface area contributed by atoms with E-state index in [0.29, 0.717) is 11.7 Å². The second kappa shape index (κ2) is 8.91. The van der Waals surface area contributed by atoms with Crippen molar-refractivity contribution in [2.45, 2.75) is 13.3 Å². The highest BCUT2D eigenvalue weighted by Gasteiger charge is 2.08. The van der Waals surface area contributed by atoms with E-state index in [4.69, 9.17) is 4.74 Å². The minimum atomic E-state index is -0.422. The van der Waals surface area contributed by atoms with Crippen LogP contribution in [0.15, 0.2) is 59.0 Å². The summed E-state index contributed by atoms with van der Waals surface area (Å²) in [5.74, 6) is 0.788. The Morgan fingerprint density at radius 3 is 2.78 bits per heavy atom. The van der Waals surface area contributed by atoms with Crippen molar-refractivity contribution in [3.8, 4) is 17.0 Å². The zero-order valence-electron chi connectivity index (χ0n) is 14.7. The van der Waals surface area contributed by atoms with E-state index >= 15 is 0 Å². The molecule has 138 valence electrons. The lowest BCUT2D eigenvalue weighted by molar-refractivity contribution is -0.384. The highest BCUT2D eigenvalue weighted by molar-refractivity contribution is 7.14. The Balaban J connectivity index is 1.66. The van der Waals surface area contributed by atoms with E-state index in [-0.39, 0.29) is 5.69 Å². The number of nitro groups is 1. The summed E-state index contributed by atoms with van der Waals surface area (Å²) < 4.78 is 5.70. The molecule has 0 bridgehead atoms. The average Bonchev–Trinajstić information content (AvgIpc) is 3.16. The lowest BCUT2D eigenvalue weighted by atomic mass is 10.1. The molecule has 0 aliphatic heterocycles. The highest BCUT2D eigenvalue weighted by Crippen LogP contribution is 2.26. The SMILES string of the molecule is CCCOc1ccccc1/C=N/Nc1nc(-c2ccc([N+](=O)[O-])cc2)cs1. The van der Waals surface area contributed by atoms with Crippen molar-refractivity contribution in [3.05, 3.63) is 69.6 Å². The van der Waals surface area contributed by atoms with Crippen molar-refractivity contribution < 1.29 is 9.66 Å². The van der Waals surface area contributed by atoms with Gasteiger partial charge in [0.05, 0.1) is 23.4 Å². The monoisotopic (exact) mass is 382 g/mol. The van der Waals surface area contributed by atoms with Crippen LogP contribution < -0.4 is 10.2 Å². The standard InChI is InChI=1S/C19H18N4O3S/c1-2-11-26-18-6-4-3-5-15(18)12-20-22-19-21-17(13-27-19)14-7-9-16(10-8-14)23(24)25/h3-10,12-13H,2,11H2,1H3,(H,21,22)/b20-12+. The van der Waals surface area contributed by atoms with E-state index in [1.165, 1.54) is 23.5 Å². The summed E-state index contributed by atoms with van der Waals surface area (Å²) in [5.41, 5.74) is 5.39. The van der Waals surface area contributed by atoms with Gasteiger partial charge in [0.1, 0.15) is 5.75 Å². The Morgan fingerprint density at radius 2 is 2.04 bits per heavy atom. The number of nitro benzene ring substituents is 1. The Labute approximate surface area is 160 Å². The number of thiazole rings is 1. The van der Waals surface area contributed by atoms with Gasteiger partial charge in [0.15, 0.2) is 0 Å². The summed E-state index contributed by atoms with van der Waals surface area (Å²) in [4.78, 5) is 14.8. The first kappa shape index (κ1) is 18.5. The second-order valence-corrected chi connectivity index (χ2v) is 6.46. The summed E-state index contributed by atoms with van der Waals surface area (Å²) >= 11 is 1.41. The zero-order chi connectivity index (χ0) is 19.1. The Bertz CT molecular complexity index is 938. The van der Waals surface area contributed by atoms with E-state index in [1.54, 1.807) is 18.3 Å². The molecule has 0 spiro atoms. The molecule has 0 fully saturated rings. The van der Waals surface area contributed by atoms with Crippen LogP contribution in [0.4, 0.5) is 10.8 Å². The van der Waals surface area contributed by atoms with Crippen molar-refractivity contribution in [3.63, 3.8) is 0 Å². The van der Waals surface area contributed by atoms with Crippen molar-refractivity contribution in [2.24, 2.45) is 5.10 Å². The normalized spacial score (nSPS) is 10.9. The first-order valence-electron chi connectivity index (χ1n) is 8.38. The number of rotatable bonds is 8. The quantitative estimate of drug-likeness (QED) is 0.338. The van der Waals surface area contributed by atoms with Gasteiger partial charge in [0.2, 0.25) is 5.13 Å². The van der Waals surface area contributed by atoms with Gasteiger partial charge < -0.3 is 4.74 Å². The third-order valence-electron chi connectivity index (χ3n) is 3.62. The Hall–Kier alpha value is -3.26. The number of benzene rings is 2. The summed E-state index contributed by atoms with van der Waals surface area (Å²) in [5, 5.41) is 17.5. The number of non-ortho nitro benzene ring substituents is 1. The fraction of sp³-hybridized carbons (Fsp3) is 0.158. The largest absolute Gasteiger partial charge is 0.493 e. The van der Waals surface area contributed by atoms with Gasteiger partial charge in [-0.25, -0.2) is 4.98 Å². The molecule has 7 nitrogen and oxygen atoms in total. The van der Waals surface area contributed by atoms with Crippen LogP contribution in [-0.2, 0) is 0 Å². The lowest BCUT2D eigenvalue weighted by Crippen LogP contribution is -1.99. The minimum Gasteiger partial charge on any atom is -0.493 e. The Morgan fingerprint density at radius 1 is 1.26 bits per heavy atom. The van der Waals surface area contributed by atoms with Crippen LogP contribution >= 0.6 is 11.3 Å². The zero-order valence-corrected chi connectivity index (χ0v) is 15.5. The van der Waals surface area contributed by atoms with Crippen molar-refractivity contribution in [1.29, 1.82) is 0 Å². The number of anilines is 1. The maximum atomic E-state index is 10.7. The molecule has 1 aromatic heterocycles. The maximum absolute atomic E-state index is 10.7. The molecule has 1 N–H and O–H groups in total. The molecule has 3 aromatic rings. The number of ether oxygens (including phenoxy) is 1. The molecule has 0 amide bonds. The second-order valence-electron chi connectivity index (χ2n) is 5.60. The summed E-state index contributed by atoms with van der Waals surface area (Å²) in [6, 6.07) is 14.0. The number of nitrogens with one attached hydrogen (secondary N) is 1. The van der Waals surface area contributed by atoms with Gasteiger partial charge in [-0.3, -0.25) is 15.5 Å². The van der Waals surface area contributed by atoms with E-state index in [9.17, 15) is 10.1 Å². The molecule has 0 unspecified atom stereocenters. The van der Waals surface area contributed by atoms with Crippen LogP contribution in [0, 0.1) is 10.1 Å². The van der Waals surface area contributed by atoms with Gasteiger partial charge in [-0.1, -0.05) is 19.1 Å². The molecule has 1 heterocycles. The van der Waals surface area contributed by atoms with Gasteiger partial charge >= 0.3 is 0 Å². The molecular formula is C19H18N4O3S. The number of hydrogen-bond acceptors (Lipinski definition) is 7. The third-order valence-corrected chi connectivity index (χ3v) is 4.37. The fourth-order valence-electron chi connectivity index (χ4n) is 2.30. The van der Waals surface area contributed by atoms with Crippen molar-refractivity contribution in [1.82, 2.24) is 4.98 Å². The van der Waals surface area contributed by atoms with Crippen LogP contribution in [-0.4, -0.2) is 22.7 Å². The third kappa shape index (κ3) is 4.89. The van der Waals surface area contributed by atoms with E-state index < -0.39 is 4.92 Å². The molecule has 0 atom stereocenters. The molecule has 8 heteroatoms. The number of hydrogen-bond donors (Lipinski definition) is 1. The van der Waals surface area contributed by atoms with Crippen LogP contribution in [0.5, 0.6) is 5.75 Å². The van der Waals surface area contributed by atoms with Crippen molar-refractivity contribution in [2.75, 3.05) is 12.0 Å². The predicted octanol–water partition coefficient (Wildman–Crippen LogP) is 4.95. The molecule has 3 rings (SSSR count). The first-order valence-corrected chi connectivity index (χ1v) is 9.26. The molecule has 0 saturated carbocycles. The first-order chi connectivity index (χ1) is 13.2. The molecule has 0 aliphatic rings. The summed E-state index contributed by atoms with van der Waals surface area (Å²) in [6.45, 7) is 2.71. The minimum absolute atomic E-state index is 0.0564. The van der Waals surface area contributed by atoms with Crippen LogP contribution in [0.25, 0.3) is 11.3 Å². The van der Waals surface area contributed by atoms with Crippen LogP contribution in [0.1, 0.15) is 18.9 Å². The summed E-state index contributed by atoms with van der Waals surface area (Å²) in [6.07, 6.45) is 2.63. The van der Waals surface area contributed by atoms with E-state index in [1.807, 2.05) is 29.6 Å². The van der Waals surface area contributed by atoms with Crippen LogP contribution in [0.2, 0.25) is 0 Å². The number of para-hydroxylation sites is 1. The molecule has 2 aromatic carbocycles. The molecule has 0 aliphatic carbocycles. The molecular weight excluding hydrogens is 364 g/mol. The number of aromatic nitrogens is 1. The topological polar surface area (TPSA) is 89.7 Å². The van der Waals surface area contributed by atoms with Crippen LogP contribution in [0.3, 0.4) is 0 Å². The van der Waals surface area contributed by atoms with Gasteiger partial charge in [0.25, 0.3) is 5.69 Å². The fourth-order valence-corrected chi connectivity index (χ4v) is 2.97. The maximum Gasteiger partial charge on any atom is 0.269 e.